The Morgan fingerprint density at radius 3 is 2.91 bits per heavy atom. The average molecular weight is 216 g/mol. The first kappa shape index (κ1) is 8.20. The maximum absolute atomic E-state index is 10.9. The van der Waals surface area contributed by atoms with Gasteiger partial charge in [0.1, 0.15) is 6.29 Å². The van der Waals surface area contributed by atoms with Crippen LogP contribution in [0.4, 0.5) is 0 Å². The van der Waals surface area contributed by atoms with E-state index in [1.54, 1.807) is 12.3 Å². The summed E-state index contributed by atoms with van der Waals surface area (Å²) in [6, 6.07) is 3.05. The number of aromatic nitrogens is 1. The van der Waals surface area contributed by atoms with Crippen molar-refractivity contribution in [1.82, 2.24) is 4.57 Å². The van der Waals surface area contributed by atoms with Gasteiger partial charge < -0.3 is 9.36 Å². The Hall–Kier alpha value is -0.900. The highest BCUT2D eigenvalue weighted by Gasteiger charge is 1.93. The summed E-state index contributed by atoms with van der Waals surface area (Å²) in [5.74, 6) is 0. The number of carbonyl (C=O) groups is 1. The minimum absolute atomic E-state index is 0.109. The highest BCUT2D eigenvalue weighted by atomic mass is 79.9. The van der Waals surface area contributed by atoms with E-state index in [1.807, 2.05) is 0 Å². The van der Waals surface area contributed by atoms with Crippen molar-refractivity contribution in [2.45, 2.75) is 6.54 Å². The lowest BCUT2D eigenvalue weighted by atomic mass is 10.5. The molecule has 58 valence electrons. The second-order valence-corrected chi connectivity index (χ2v) is 2.92. The average Bonchev–Trinajstić information content (AvgIpc) is 1.98. The Bertz CT molecular complexity index is 318. The molecule has 0 N–H and O–H groups in total. The van der Waals surface area contributed by atoms with Gasteiger partial charge >= 0.3 is 0 Å². The zero-order chi connectivity index (χ0) is 8.27. The second-order valence-electron chi connectivity index (χ2n) is 2.00. The Labute approximate surface area is 71.8 Å². The topological polar surface area (TPSA) is 39.1 Å². The molecule has 0 amide bonds. The van der Waals surface area contributed by atoms with E-state index in [2.05, 4.69) is 15.9 Å². The van der Waals surface area contributed by atoms with Crippen LogP contribution in [-0.4, -0.2) is 10.9 Å². The molecule has 0 bridgehead atoms. The zero-order valence-electron chi connectivity index (χ0n) is 5.66. The first-order chi connectivity index (χ1) is 5.24. The first-order valence-electron chi connectivity index (χ1n) is 3.03. The molecule has 0 aliphatic heterocycles. The predicted molar refractivity (Wildman–Crippen MR) is 44.5 cm³/mol. The molecule has 0 saturated carbocycles. The maximum Gasteiger partial charge on any atom is 0.250 e. The van der Waals surface area contributed by atoms with Crippen LogP contribution in [0, 0.1) is 0 Å². The fraction of sp³-hybridized carbons (Fsp3) is 0.143. The van der Waals surface area contributed by atoms with Crippen LogP contribution in [0.5, 0.6) is 0 Å². The minimum atomic E-state index is -0.166. The summed E-state index contributed by atoms with van der Waals surface area (Å²) < 4.78 is 2.12. The van der Waals surface area contributed by atoms with Crippen molar-refractivity contribution in [2.24, 2.45) is 0 Å². The van der Waals surface area contributed by atoms with Gasteiger partial charge in [0, 0.05) is 16.7 Å². The van der Waals surface area contributed by atoms with Gasteiger partial charge in [-0.25, -0.2) is 0 Å². The lowest BCUT2D eigenvalue weighted by Crippen LogP contribution is -2.18. The Morgan fingerprint density at radius 2 is 2.27 bits per heavy atom. The van der Waals surface area contributed by atoms with E-state index >= 15 is 0 Å². The fourth-order valence-electron chi connectivity index (χ4n) is 0.725. The number of rotatable bonds is 2. The van der Waals surface area contributed by atoms with Crippen molar-refractivity contribution in [2.75, 3.05) is 0 Å². The molecule has 0 aliphatic carbocycles. The Morgan fingerprint density at radius 1 is 1.55 bits per heavy atom. The van der Waals surface area contributed by atoms with E-state index in [0.717, 1.165) is 4.47 Å². The third kappa shape index (κ3) is 2.01. The summed E-state index contributed by atoms with van der Waals surface area (Å²) in [5, 5.41) is 0. The molecule has 11 heavy (non-hydrogen) atoms. The van der Waals surface area contributed by atoms with E-state index in [0.29, 0.717) is 6.29 Å². The molecule has 1 aromatic heterocycles. The Kier molecular flexibility index (Phi) is 2.59. The molecule has 0 atom stereocenters. The van der Waals surface area contributed by atoms with Gasteiger partial charge in [-0.1, -0.05) is 0 Å². The standard InChI is InChI=1S/C7H6BrNO2/c8-6-1-2-7(11)9(5-6)3-4-10/h1-2,4-5H,3H2. The van der Waals surface area contributed by atoms with Crippen LogP contribution in [0.25, 0.3) is 0 Å². The number of carbonyl (C=O) groups excluding carboxylic acids is 1. The fourth-order valence-corrected chi connectivity index (χ4v) is 1.10. The number of pyridine rings is 1. The van der Waals surface area contributed by atoms with Gasteiger partial charge in [0.25, 0.3) is 5.56 Å². The third-order valence-electron chi connectivity index (χ3n) is 1.22. The molecule has 1 aromatic rings. The maximum atomic E-state index is 10.9. The van der Waals surface area contributed by atoms with Crippen molar-refractivity contribution < 1.29 is 4.79 Å². The zero-order valence-corrected chi connectivity index (χ0v) is 7.24. The molecule has 1 rings (SSSR count). The second kappa shape index (κ2) is 3.48. The van der Waals surface area contributed by atoms with Crippen LogP contribution in [0.15, 0.2) is 27.6 Å². The van der Waals surface area contributed by atoms with Crippen LogP contribution in [0.2, 0.25) is 0 Å². The molecule has 0 aliphatic rings. The third-order valence-corrected chi connectivity index (χ3v) is 1.69. The van der Waals surface area contributed by atoms with E-state index in [1.165, 1.54) is 10.6 Å². The molecule has 0 saturated heterocycles. The van der Waals surface area contributed by atoms with Crippen LogP contribution in [0.3, 0.4) is 0 Å². The molecule has 0 spiro atoms. The smallest absolute Gasteiger partial charge is 0.250 e. The Balaban J connectivity index is 3.12. The van der Waals surface area contributed by atoms with Crippen LogP contribution < -0.4 is 5.56 Å². The monoisotopic (exact) mass is 215 g/mol. The van der Waals surface area contributed by atoms with E-state index in [9.17, 15) is 9.59 Å². The first-order valence-corrected chi connectivity index (χ1v) is 3.83. The molecule has 0 radical (unpaired) electrons. The molecular weight excluding hydrogens is 210 g/mol. The SMILES string of the molecule is O=CCn1cc(Br)ccc1=O. The molecule has 0 aromatic carbocycles. The summed E-state index contributed by atoms with van der Waals surface area (Å²) >= 11 is 3.19. The van der Waals surface area contributed by atoms with Gasteiger partial charge in [0.15, 0.2) is 0 Å². The van der Waals surface area contributed by atoms with Gasteiger partial charge in [0.2, 0.25) is 0 Å². The van der Waals surface area contributed by atoms with Crippen LogP contribution >= 0.6 is 15.9 Å². The van der Waals surface area contributed by atoms with E-state index in [-0.39, 0.29) is 12.1 Å². The van der Waals surface area contributed by atoms with Crippen molar-refractivity contribution >= 4 is 22.2 Å². The van der Waals surface area contributed by atoms with Crippen molar-refractivity contribution in [3.8, 4) is 0 Å². The van der Waals surface area contributed by atoms with Gasteiger partial charge in [0.05, 0.1) is 6.54 Å². The van der Waals surface area contributed by atoms with Gasteiger partial charge in [-0.2, -0.15) is 0 Å². The van der Waals surface area contributed by atoms with Crippen molar-refractivity contribution in [3.05, 3.63) is 33.2 Å². The van der Waals surface area contributed by atoms with Crippen LogP contribution in [-0.2, 0) is 11.3 Å². The normalized spacial score (nSPS) is 9.55. The molecular formula is C7H6BrNO2. The lowest BCUT2D eigenvalue weighted by molar-refractivity contribution is -0.108. The predicted octanol–water partition coefficient (Wildman–Crippen LogP) is 0.810. The lowest BCUT2D eigenvalue weighted by Gasteiger charge is -1.98. The summed E-state index contributed by atoms with van der Waals surface area (Å²) in [4.78, 5) is 21.0. The molecule has 0 fully saturated rings. The summed E-state index contributed by atoms with van der Waals surface area (Å²) in [6.07, 6.45) is 2.27. The summed E-state index contributed by atoms with van der Waals surface area (Å²) in [5.41, 5.74) is -0.166. The molecule has 1 heterocycles. The molecule has 4 heteroatoms. The summed E-state index contributed by atoms with van der Waals surface area (Å²) in [6.45, 7) is 0.109. The summed E-state index contributed by atoms with van der Waals surface area (Å²) in [7, 11) is 0. The number of hydrogen-bond donors (Lipinski definition) is 0. The van der Waals surface area contributed by atoms with Crippen LogP contribution in [0.1, 0.15) is 0 Å². The minimum Gasteiger partial charge on any atom is -0.307 e. The number of aldehydes is 1. The highest BCUT2D eigenvalue weighted by molar-refractivity contribution is 9.10. The van der Waals surface area contributed by atoms with Gasteiger partial charge in [-0.3, -0.25) is 4.79 Å². The number of halogens is 1. The van der Waals surface area contributed by atoms with Gasteiger partial charge in [-0.05, 0) is 22.0 Å². The largest absolute Gasteiger partial charge is 0.307 e. The highest BCUT2D eigenvalue weighted by Crippen LogP contribution is 2.03. The molecule has 0 unspecified atom stereocenters. The number of hydrogen-bond acceptors (Lipinski definition) is 2. The molecule has 3 nitrogen and oxygen atoms in total. The number of nitrogens with zero attached hydrogens (tertiary/aromatic N) is 1. The van der Waals surface area contributed by atoms with Gasteiger partial charge in [-0.15, -0.1) is 0 Å². The van der Waals surface area contributed by atoms with E-state index in [4.69, 9.17) is 0 Å². The van der Waals surface area contributed by atoms with Crippen molar-refractivity contribution in [3.63, 3.8) is 0 Å². The quantitative estimate of drug-likeness (QED) is 0.686. The van der Waals surface area contributed by atoms with E-state index < -0.39 is 0 Å². The van der Waals surface area contributed by atoms with Crippen molar-refractivity contribution in [1.29, 1.82) is 0 Å².